The molecule has 2 aromatic rings. The highest BCUT2D eigenvalue weighted by Crippen LogP contribution is 2.30. The number of halogens is 3. The summed E-state index contributed by atoms with van der Waals surface area (Å²) >= 11 is 0. The zero-order valence-corrected chi connectivity index (χ0v) is 22.7. The van der Waals surface area contributed by atoms with Gasteiger partial charge in [0.2, 0.25) is 0 Å². The molecule has 1 saturated heterocycles. The van der Waals surface area contributed by atoms with Crippen molar-refractivity contribution in [3.63, 3.8) is 0 Å². The maximum absolute atomic E-state index is 13.1. The van der Waals surface area contributed by atoms with Gasteiger partial charge in [-0.1, -0.05) is 13.8 Å². The van der Waals surface area contributed by atoms with Gasteiger partial charge in [0.25, 0.3) is 15.9 Å². The number of carbonyl (C=O) groups is 2. The summed E-state index contributed by atoms with van der Waals surface area (Å²) in [5, 5.41) is 13.3. The summed E-state index contributed by atoms with van der Waals surface area (Å²) in [5.41, 5.74) is 1.55. The molecule has 1 heterocycles. The molecule has 39 heavy (non-hydrogen) atoms. The molecule has 216 valence electrons. The number of anilines is 2. The number of hydrogen-bond acceptors (Lipinski definition) is 7. The number of benzene rings is 2. The fourth-order valence-corrected chi connectivity index (χ4v) is 4.49. The topological polar surface area (TPSA) is 137 Å². The van der Waals surface area contributed by atoms with Gasteiger partial charge < -0.3 is 25.4 Å². The first-order valence-corrected chi connectivity index (χ1v) is 13.7. The third kappa shape index (κ3) is 9.94. The summed E-state index contributed by atoms with van der Waals surface area (Å²) in [5.74, 6) is -2.06. The normalized spacial score (nSPS) is 13.8. The van der Waals surface area contributed by atoms with Crippen molar-refractivity contribution in [1.29, 1.82) is 0 Å². The van der Waals surface area contributed by atoms with E-state index in [2.05, 4.69) is 20.3 Å². The molecule has 0 radical (unpaired) electrons. The first kappa shape index (κ1) is 31.7. The zero-order valence-electron chi connectivity index (χ0n) is 21.8. The Morgan fingerprint density at radius 1 is 1.10 bits per heavy atom. The standard InChI is InChI=1S/C23H32N4O4S.C2HF3O2/c1-4-31-19-6-8-20(9-7-19)32(29,30)26-21-15-18(23(28)25-16-17(2)3)5-10-22(21)27-13-11-24-12-14-27;3-2(4,5)1(6)7/h5-10,15,17,24,26H,4,11-14,16H2,1-3H3,(H,25,28);(H,6,7). The van der Waals surface area contributed by atoms with Crippen molar-refractivity contribution in [2.24, 2.45) is 5.92 Å². The average Bonchev–Trinajstić information content (AvgIpc) is 2.88. The Hall–Kier alpha value is -3.52. The van der Waals surface area contributed by atoms with Crippen LogP contribution in [0.15, 0.2) is 47.4 Å². The third-order valence-corrected chi connectivity index (χ3v) is 6.70. The van der Waals surface area contributed by atoms with Gasteiger partial charge in [0, 0.05) is 38.3 Å². The molecule has 1 fully saturated rings. The number of nitrogens with zero attached hydrogens (tertiary/aromatic N) is 1. The highest BCUT2D eigenvalue weighted by Gasteiger charge is 2.38. The fourth-order valence-electron chi connectivity index (χ4n) is 3.42. The molecule has 0 aromatic heterocycles. The zero-order chi connectivity index (χ0) is 29.2. The van der Waals surface area contributed by atoms with Crippen LogP contribution in [0.1, 0.15) is 31.1 Å². The number of alkyl halides is 3. The number of rotatable bonds is 9. The molecule has 10 nitrogen and oxygen atoms in total. The lowest BCUT2D eigenvalue weighted by atomic mass is 10.1. The first-order valence-electron chi connectivity index (χ1n) is 12.2. The summed E-state index contributed by atoms with van der Waals surface area (Å²) in [6.45, 7) is 10.1. The molecular weight excluding hydrogens is 541 g/mol. The van der Waals surface area contributed by atoms with E-state index in [0.29, 0.717) is 36.1 Å². The molecule has 4 N–H and O–H groups in total. The van der Waals surface area contributed by atoms with Gasteiger partial charge in [0.05, 0.1) is 22.9 Å². The smallest absolute Gasteiger partial charge is 0.490 e. The number of ether oxygens (including phenoxy) is 1. The first-order chi connectivity index (χ1) is 18.2. The van der Waals surface area contributed by atoms with Gasteiger partial charge in [-0.05, 0) is 55.3 Å². The minimum absolute atomic E-state index is 0.127. The van der Waals surface area contributed by atoms with Crippen molar-refractivity contribution < 1.29 is 41.0 Å². The van der Waals surface area contributed by atoms with Crippen molar-refractivity contribution in [2.45, 2.75) is 31.8 Å². The molecule has 0 atom stereocenters. The third-order valence-electron chi connectivity index (χ3n) is 5.32. The lowest BCUT2D eigenvalue weighted by Gasteiger charge is -2.31. The Bertz CT molecular complexity index is 1220. The number of hydrogen-bond donors (Lipinski definition) is 4. The maximum Gasteiger partial charge on any atom is 0.490 e. The van der Waals surface area contributed by atoms with Crippen LogP contribution in [0.3, 0.4) is 0 Å². The van der Waals surface area contributed by atoms with Crippen molar-refractivity contribution in [3.05, 3.63) is 48.0 Å². The van der Waals surface area contributed by atoms with Gasteiger partial charge in [-0.15, -0.1) is 0 Å². The lowest BCUT2D eigenvalue weighted by molar-refractivity contribution is -0.192. The maximum atomic E-state index is 13.1. The van der Waals surface area contributed by atoms with E-state index in [1.165, 1.54) is 12.1 Å². The summed E-state index contributed by atoms with van der Waals surface area (Å²) < 4.78 is 66.1. The van der Waals surface area contributed by atoms with Crippen LogP contribution >= 0.6 is 0 Å². The molecule has 1 aliphatic rings. The Morgan fingerprint density at radius 3 is 2.21 bits per heavy atom. The second kappa shape index (κ2) is 14.0. The average molecular weight is 575 g/mol. The van der Waals surface area contributed by atoms with Gasteiger partial charge in [0.15, 0.2) is 0 Å². The molecule has 0 aliphatic carbocycles. The summed E-state index contributed by atoms with van der Waals surface area (Å²) in [6.07, 6.45) is -5.08. The molecule has 0 spiro atoms. The van der Waals surface area contributed by atoms with E-state index in [-0.39, 0.29) is 10.8 Å². The monoisotopic (exact) mass is 574 g/mol. The quantitative estimate of drug-likeness (QED) is 0.358. The minimum Gasteiger partial charge on any atom is -0.494 e. The molecule has 0 saturated carbocycles. The van der Waals surface area contributed by atoms with Crippen LogP contribution in [-0.4, -0.2) is 70.9 Å². The number of carbonyl (C=O) groups excluding carboxylic acids is 1. The van der Waals surface area contributed by atoms with E-state index < -0.39 is 22.2 Å². The van der Waals surface area contributed by atoms with Crippen LogP contribution < -0.4 is 25.0 Å². The Balaban J connectivity index is 0.000000673. The van der Waals surface area contributed by atoms with Crippen LogP contribution in [0.25, 0.3) is 0 Å². The number of carboxylic acids is 1. The lowest BCUT2D eigenvalue weighted by Crippen LogP contribution is -2.43. The molecule has 0 bridgehead atoms. The number of carboxylic acid groups (broad SMARTS) is 1. The molecule has 2 aromatic carbocycles. The van der Waals surface area contributed by atoms with Crippen LogP contribution in [0.2, 0.25) is 0 Å². The number of piperazine rings is 1. The van der Waals surface area contributed by atoms with E-state index in [0.717, 1.165) is 31.9 Å². The Morgan fingerprint density at radius 2 is 1.69 bits per heavy atom. The number of sulfonamides is 1. The Labute approximate surface area is 225 Å². The van der Waals surface area contributed by atoms with Gasteiger partial charge in [-0.2, -0.15) is 13.2 Å². The van der Waals surface area contributed by atoms with Crippen molar-refractivity contribution in [3.8, 4) is 5.75 Å². The van der Waals surface area contributed by atoms with E-state index in [4.69, 9.17) is 14.6 Å². The largest absolute Gasteiger partial charge is 0.494 e. The predicted molar refractivity (Wildman–Crippen MR) is 141 cm³/mol. The number of amides is 1. The molecule has 1 aliphatic heterocycles. The summed E-state index contributed by atoms with van der Waals surface area (Å²) in [7, 11) is -3.85. The van der Waals surface area contributed by atoms with Crippen molar-refractivity contribution in [2.75, 3.05) is 49.0 Å². The molecule has 3 rings (SSSR count). The number of nitrogens with one attached hydrogen (secondary N) is 3. The van der Waals surface area contributed by atoms with Gasteiger partial charge in [-0.3, -0.25) is 9.52 Å². The van der Waals surface area contributed by atoms with Crippen LogP contribution in [-0.2, 0) is 14.8 Å². The van der Waals surface area contributed by atoms with Crippen molar-refractivity contribution >= 4 is 33.3 Å². The van der Waals surface area contributed by atoms with Gasteiger partial charge in [0.1, 0.15) is 5.75 Å². The number of aliphatic carboxylic acids is 1. The molecular formula is C25H33F3N4O6S. The van der Waals surface area contributed by atoms with E-state index in [9.17, 15) is 26.4 Å². The van der Waals surface area contributed by atoms with Crippen LogP contribution in [0.4, 0.5) is 24.5 Å². The highest BCUT2D eigenvalue weighted by molar-refractivity contribution is 7.92. The van der Waals surface area contributed by atoms with Gasteiger partial charge in [-0.25, -0.2) is 13.2 Å². The van der Waals surface area contributed by atoms with Gasteiger partial charge >= 0.3 is 12.1 Å². The van der Waals surface area contributed by atoms with Crippen LogP contribution in [0.5, 0.6) is 5.75 Å². The SMILES string of the molecule is CCOc1ccc(S(=O)(=O)Nc2cc(C(=O)NCC(C)C)ccc2N2CCNCC2)cc1.O=C(O)C(F)(F)F. The summed E-state index contributed by atoms with van der Waals surface area (Å²) in [6, 6.07) is 11.4. The second-order valence-electron chi connectivity index (χ2n) is 8.89. The second-order valence-corrected chi connectivity index (χ2v) is 10.6. The van der Waals surface area contributed by atoms with Crippen LogP contribution in [0, 0.1) is 5.92 Å². The molecule has 14 heteroatoms. The van der Waals surface area contributed by atoms with E-state index >= 15 is 0 Å². The molecule has 0 unspecified atom stereocenters. The minimum atomic E-state index is -5.08. The van der Waals surface area contributed by atoms with E-state index in [1.54, 1.807) is 24.3 Å². The Kier molecular flexibility index (Phi) is 11.4. The fraction of sp³-hybridized carbons (Fsp3) is 0.440. The summed E-state index contributed by atoms with van der Waals surface area (Å²) in [4.78, 5) is 23.7. The predicted octanol–water partition coefficient (Wildman–Crippen LogP) is 3.31. The highest BCUT2D eigenvalue weighted by atomic mass is 32.2. The molecule has 1 amide bonds. The van der Waals surface area contributed by atoms with E-state index in [1.807, 2.05) is 26.8 Å². The van der Waals surface area contributed by atoms with Crippen molar-refractivity contribution in [1.82, 2.24) is 10.6 Å².